The van der Waals surface area contributed by atoms with Crippen LogP contribution >= 0.6 is 0 Å². The lowest BCUT2D eigenvalue weighted by atomic mass is 9.82. The zero-order valence-corrected chi connectivity index (χ0v) is 25.7. The van der Waals surface area contributed by atoms with Crippen LogP contribution in [0.2, 0.25) is 0 Å². The molecule has 0 unspecified atom stereocenters. The molecule has 9 heteroatoms. The average molecular weight is 611 g/mol. The van der Waals surface area contributed by atoms with E-state index in [2.05, 4.69) is 5.32 Å². The van der Waals surface area contributed by atoms with E-state index in [4.69, 9.17) is 33.8 Å². The standard InChI is InChI=1S/C36H38N2O7/c1-41-30-12-7-11-28(21-30)33-36(23-25-9-5-4-6-10-25,35(40)37-24-26-19-31(42-2)22-32(20-26)43-3)38-34(45-33)27-13-15-29(16-14-27)44-18-8-17-39/h4-7,9-16,19-22,33,39H,8,17-18,23-24H2,1-3H3,(H,37,40)/t33-,36-/m1/s1. The second kappa shape index (κ2) is 14.6. The van der Waals surface area contributed by atoms with Crippen LogP contribution in [0.1, 0.15) is 34.8 Å². The van der Waals surface area contributed by atoms with Crippen LogP contribution in [0.3, 0.4) is 0 Å². The van der Waals surface area contributed by atoms with E-state index in [-0.39, 0.29) is 25.5 Å². The number of nitrogens with zero attached hydrogens (tertiary/aromatic N) is 1. The van der Waals surface area contributed by atoms with Crippen molar-refractivity contribution in [1.29, 1.82) is 0 Å². The van der Waals surface area contributed by atoms with Crippen molar-refractivity contribution in [3.8, 4) is 23.0 Å². The van der Waals surface area contributed by atoms with Gasteiger partial charge in [-0.05, 0) is 65.2 Å². The fraction of sp³-hybridized carbons (Fsp3) is 0.278. The number of rotatable bonds is 14. The van der Waals surface area contributed by atoms with Crippen molar-refractivity contribution in [2.75, 3.05) is 34.5 Å². The van der Waals surface area contributed by atoms with Crippen LogP contribution < -0.4 is 24.3 Å². The highest BCUT2D eigenvalue weighted by Crippen LogP contribution is 2.43. The first kappa shape index (κ1) is 31.4. The molecule has 0 bridgehead atoms. The van der Waals surface area contributed by atoms with Crippen LogP contribution in [0.4, 0.5) is 0 Å². The Morgan fingerprint density at radius 3 is 2.20 bits per heavy atom. The van der Waals surface area contributed by atoms with Gasteiger partial charge in [0.2, 0.25) is 5.90 Å². The largest absolute Gasteiger partial charge is 0.497 e. The molecule has 0 saturated carbocycles. The van der Waals surface area contributed by atoms with Crippen molar-refractivity contribution in [1.82, 2.24) is 5.32 Å². The molecule has 1 amide bonds. The minimum absolute atomic E-state index is 0.0608. The van der Waals surface area contributed by atoms with Crippen LogP contribution in [0.5, 0.6) is 23.0 Å². The molecule has 1 aliphatic rings. The summed E-state index contributed by atoms with van der Waals surface area (Å²) >= 11 is 0. The molecule has 1 aliphatic heterocycles. The molecule has 2 atom stereocenters. The maximum atomic E-state index is 14.5. The number of aliphatic hydroxyl groups is 1. The van der Waals surface area contributed by atoms with E-state index in [0.717, 1.165) is 16.7 Å². The van der Waals surface area contributed by atoms with Gasteiger partial charge in [-0.15, -0.1) is 0 Å². The first-order valence-corrected chi connectivity index (χ1v) is 14.8. The van der Waals surface area contributed by atoms with E-state index in [1.54, 1.807) is 27.4 Å². The minimum Gasteiger partial charge on any atom is -0.497 e. The summed E-state index contributed by atoms with van der Waals surface area (Å²) < 4.78 is 28.7. The second-order valence-corrected chi connectivity index (χ2v) is 10.6. The third-order valence-electron chi connectivity index (χ3n) is 7.61. The Labute approximate surface area is 263 Å². The van der Waals surface area contributed by atoms with Crippen molar-refractivity contribution < 1.29 is 33.6 Å². The predicted molar refractivity (Wildman–Crippen MR) is 171 cm³/mol. The summed E-state index contributed by atoms with van der Waals surface area (Å²) in [7, 11) is 4.78. The van der Waals surface area contributed by atoms with Crippen molar-refractivity contribution in [2.45, 2.75) is 31.0 Å². The highest BCUT2D eigenvalue weighted by molar-refractivity contribution is 6.01. The molecule has 0 fully saturated rings. The van der Waals surface area contributed by atoms with Crippen molar-refractivity contribution >= 4 is 11.8 Å². The second-order valence-electron chi connectivity index (χ2n) is 10.6. The number of nitrogens with one attached hydrogen (secondary N) is 1. The third kappa shape index (κ3) is 7.38. The van der Waals surface area contributed by atoms with Crippen LogP contribution in [-0.2, 0) is 22.5 Å². The third-order valence-corrected chi connectivity index (χ3v) is 7.61. The number of hydrogen-bond acceptors (Lipinski definition) is 8. The van der Waals surface area contributed by atoms with Crippen LogP contribution in [-0.4, -0.2) is 57.0 Å². The Morgan fingerprint density at radius 2 is 1.53 bits per heavy atom. The molecule has 5 rings (SSSR count). The molecule has 0 aliphatic carbocycles. The van der Waals surface area contributed by atoms with Gasteiger partial charge in [0.25, 0.3) is 5.91 Å². The number of hydrogen-bond donors (Lipinski definition) is 2. The predicted octanol–water partition coefficient (Wildman–Crippen LogP) is 5.29. The molecule has 0 saturated heterocycles. The number of benzene rings is 4. The van der Waals surface area contributed by atoms with Gasteiger partial charge >= 0.3 is 0 Å². The number of ether oxygens (including phenoxy) is 5. The van der Waals surface area contributed by atoms with Crippen LogP contribution in [0, 0.1) is 0 Å². The lowest BCUT2D eigenvalue weighted by molar-refractivity contribution is -0.129. The maximum Gasteiger partial charge on any atom is 0.252 e. The molecule has 1 heterocycles. The van der Waals surface area contributed by atoms with Gasteiger partial charge in [0.15, 0.2) is 11.6 Å². The lowest BCUT2D eigenvalue weighted by Gasteiger charge is -2.31. The highest BCUT2D eigenvalue weighted by Gasteiger charge is 2.53. The van der Waals surface area contributed by atoms with Gasteiger partial charge < -0.3 is 34.1 Å². The Hall–Kier alpha value is -5.02. The summed E-state index contributed by atoms with van der Waals surface area (Å²) in [6.07, 6.45) is 0.0667. The molecule has 4 aromatic carbocycles. The first-order valence-electron chi connectivity index (χ1n) is 14.8. The highest BCUT2D eigenvalue weighted by atomic mass is 16.5. The van der Waals surface area contributed by atoms with Gasteiger partial charge in [0, 0.05) is 37.6 Å². The Kier molecular flexibility index (Phi) is 10.2. The van der Waals surface area contributed by atoms with Crippen LogP contribution in [0.25, 0.3) is 0 Å². The molecule has 0 radical (unpaired) electrons. The number of aliphatic hydroxyl groups excluding tert-OH is 1. The van der Waals surface area contributed by atoms with E-state index >= 15 is 0 Å². The van der Waals surface area contributed by atoms with E-state index < -0.39 is 11.6 Å². The average Bonchev–Trinajstić information content (AvgIpc) is 3.48. The molecule has 234 valence electrons. The van der Waals surface area contributed by atoms with E-state index in [9.17, 15) is 4.79 Å². The summed E-state index contributed by atoms with van der Waals surface area (Å²) in [6, 6.07) is 30.2. The quantitative estimate of drug-likeness (QED) is 0.187. The number of aliphatic imine (C=N–C) groups is 1. The van der Waals surface area contributed by atoms with Crippen LogP contribution in [0.15, 0.2) is 102 Å². The van der Waals surface area contributed by atoms with E-state index in [1.165, 1.54) is 0 Å². The monoisotopic (exact) mass is 610 g/mol. The molecule has 2 N–H and O–H groups in total. The molecule has 4 aromatic rings. The minimum atomic E-state index is -1.36. The fourth-order valence-corrected chi connectivity index (χ4v) is 5.30. The summed E-state index contributed by atoms with van der Waals surface area (Å²) in [6.45, 7) is 0.689. The van der Waals surface area contributed by atoms with Gasteiger partial charge in [-0.3, -0.25) is 4.79 Å². The zero-order valence-electron chi connectivity index (χ0n) is 25.7. The van der Waals surface area contributed by atoms with Crippen molar-refractivity contribution in [3.63, 3.8) is 0 Å². The SMILES string of the molecule is COc1cc(CNC(=O)[C@]2(Cc3ccccc3)N=C(c3ccc(OCCCO)cc3)O[C@@H]2c2cccc(OC)c2)cc(OC)c1. The Morgan fingerprint density at radius 1 is 0.822 bits per heavy atom. The lowest BCUT2D eigenvalue weighted by Crippen LogP contribution is -2.49. The zero-order chi connectivity index (χ0) is 31.6. The van der Waals surface area contributed by atoms with Gasteiger partial charge in [-0.1, -0.05) is 42.5 Å². The Balaban J connectivity index is 1.55. The molecule has 0 spiro atoms. The summed E-state index contributed by atoms with van der Waals surface area (Å²) in [5, 5.41) is 12.2. The number of methoxy groups -OCH3 is 3. The molecule has 0 aromatic heterocycles. The normalized spacial score (nSPS) is 17.2. The van der Waals surface area contributed by atoms with Gasteiger partial charge in [0.05, 0.1) is 27.9 Å². The smallest absolute Gasteiger partial charge is 0.252 e. The summed E-state index contributed by atoms with van der Waals surface area (Å²) in [5.41, 5.74) is 1.85. The van der Waals surface area contributed by atoms with Crippen molar-refractivity contribution in [3.05, 3.63) is 119 Å². The maximum absolute atomic E-state index is 14.5. The Bertz CT molecular complexity index is 1590. The van der Waals surface area contributed by atoms with Gasteiger partial charge in [0.1, 0.15) is 23.0 Å². The molecule has 45 heavy (non-hydrogen) atoms. The van der Waals surface area contributed by atoms with E-state index in [1.807, 2.05) is 91.0 Å². The number of carbonyl (C=O) groups excluding carboxylic acids is 1. The molecular weight excluding hydrogens is 572 g/mol. The van der Waals surface area contributed by atoms with Gasteiger partial charge in [-0.25, -0.2) is 4.99 Å². The number of carbonyl (C=O) groups is 1. The summed E-state index contributed by atoms with van der Waals surface area (Å²) in [5.74, 6) is 2.61. The topological polar surface area (TPSA) is 108 Å². The van der Waals surface area contributed by atoms with Gasteiger partial charge in [-0.2, -0.15) is 0 Å². The summed E-state index contributed by atoms with van der Waals surface area (Å²) in [4.78, 5) is 19.6. The first-order chi connectivity index (χ1) is 22.0. The molecular formula is C36H38N2O7. The fourth-order valence-electron chi connectivity index (χ4n) is 5.30. The van der Waals surface area contributed by atoms with Crippen molar-refractivity contribution in [2.24, 2.45) is 4.99 Å². The van der Waals surface area contributed by atoms with E-state index in [0.29, 0.717) is 47.5 Å². The number of amides is 1. The molecule has 9 nitrogen and oxygen atoms in total.